The summed E-state index contributed by atoms with van der Waals surface area (Å²) in [7, 11) is 0. The van der Waals surface area contributed by atoms with Gasteiger partial charge in [-0.2, -0.15) is 0 Å². The molecule has 192 valence electrons. The monoisotopic (exact) mass is 492 g/mol. The van der Waals surface area contributed by atoms with E-state index in [2.05, 4.69) is 4.90 Å². The number of hydrogen-bond acceptors (Lipinski definition) is 6. The van der Waals surface area contributed by atoms with Gasteiger partial charge in [0.1, 0.15) is 11.5 Å². The number of aryl methyl sites for hydroxylation is 2. The van der Waals surface area contributed by atoms with Crippen molar-refractivity contribution in [3.8, 4) is 5.75 Å². The Kier molecular flexibility index (Phi) is 8.44. The SMILES string of the molecule is CCCOc1ccc(/C(O)=C2/C(=O)C(=O)N(CCCN3CCOCC3)C2c2ccc(C)cc2)cc1C. The van der Waals surface area contributed by atoms with Gasteiger partial charge in [0, 0.05) is 31.7 Å². The van der Waals surface area contributed by atoms with Crippen molar-refractivity contribution in [2.45, 2.75) is 39.7 Å². The molecule has 0 spiro atoms. The number of ketones is 1. The van der Waals surface area contributed by atoms with E-state index in [0.717, 1.165) is 68.1 Å². The number of carbonyl (C=O) groups excluding carboxylic acids is 2. The van der Waals surface area contributed by atoms with E-state index < -0.39 is 17.7 Å². The molecule has 0 radical (unpaired) electrons. The van der Waals surface area contributed by atoms with Crippen LogP contribution in [-0.2, 0) is 14.3 Å². The second-order valence-electron chi connectivity index (χ2n) is 9.54. The standard InChI is InChI=1S/C29H36N2O5/c1-4-16-36-24-11-10-23(19-21(24)3)27(32)25-26(22-8-6-20(2)7-9-22)31(29(34)28(25)33)13-5-12-30-14-17-35-18-15-30/h6-11,19,26,32H,4-5,12-18H2,1-3H3/b27-25-. The molecule has 2 aliphatic heterocycles. The lowest BCUT2D eigenvalue weighted by molar-refractivity contribution is -0.140. The summed E-state index contributed by atoms with van der Waals surface area (Å²) >= 11 is 0. The fraction of sp³-hybridized carbons (Fsp3) is 0.448. The predicted octanol–water partition coefficient (Wildman–Crippen LogP) is 4.24. The Morgan fingerprint density at radius 3 is 2.44 bits per heavy atom. The number of ether oxygens (including phenoxy) is 2. The normalized spacial score (nSPS) is 20.2. The van der Waals surface area contributed by atoms with E-state index in [9.17, 15) is 14.7 Å². The average molecular weight is 493 g/mol. The molecule has 2 aliphatic rings. The van der Waals surface area contributed by atoms with Gasteiger partial charge < -0.3 is 19.5 Å². The van der Waals surface area contributed by atoms with Crippen molar-refractivity contribution in [2.75, 3.05) is 46.0 Å². The largest absolute Gasteiger partial charge is 0.507 e. The van der Waals surface area contributed by atoms with Crippen LogP contribution in [0, 0.1) is 13.8 Å². The highest BCUT2D eigenvalue weighted by atomic mass is 16.5. The molecule has 0 aromatic heterocycles. The summed E-state index contributed by atoms with van der Waals surface area (Å²) in [6.07, 6.45) is 1.63. The highest BCUT2D eigenvalue weighted by Crippen LogP contribution is 2.40. The Balaban J connectivity index is 1.66. The second-order valence-corrected chi connectivity index (χ2v) is 9.54. The smallest absolute Gasteiger partial charge is 0.295 e. The van der Waals surface area contributed by atoms with Crippen molar-refractivity contribution in [3.63, 3.8) is 0 Å². The van der Waals surface area contributed by atoms with Crippen LogP contribution >= 0.6 is 0 Å². The number of nitrogens with zero attached hydrogens (tertiary/aromatic N) is 2. The van der Waals surface area contributed by atoms with Crippen LogP contribution in [0.5, 0.6) is 5.75 Å². The van der Waals surface area contributed by atoms with Gasteiger partial charge >= 0.3 is 0 Å². The molecule has 7 nitrogen and oxygen atoms in total. The highest BCUT2D eigenvalue weighted by molar-refractivity contribution is 6.46. The molecule has 0 aliphatic carbocycles. The summed E-state index contributed by atoms with van der Waals surface area (Å²) in [5.41, 5.74) is 3.39. The summed E-state index contributed by atoms with van der Waals surface area (Å²) < 4.78 is 11.2. The molecular weight excluding hydrogens is 456 g/mol. The summed E-state index contributed by atoms with van der Waals surface area (Å²) in [6, 6.07) is 12.5. The Morgan fingerprint density at radius 1 is 1.06 bits per heavy atom. The first kappa shape index (κ1) is 25.9. The molecule has 7 heteroatoms. The van der Waals surface area contributed by atoms with E-state index in [-0.39, 0.29) is 11.3 Å². The third kappa shape index (κ3) is 5.63. The summed E-state index contributed by atoms with van der Waals surface area (Å²) in [6.45, 7) is 11.0. The van der Waals surface area contributed by atoms with Crippen LogP contribution in [-0.4, -0.2) is 72.6 Å². The number of likely N-dealkylation sites (tertiary alicyclic amines) is 1. The first-order valence-corrected chi connectivity index (χ1v) is 12.8. The third-order valence-electron chi connectivity index (χ3n) is 6.82. The zero-order valence-corrected chi connectivity index (χ0v) is 21.5. The van der Waals surface area contributed by atoms with E-state index in [4.69, 9.17) is 9.47 Å². The molecule has 2 heterocycles. The zero-order chi connectivity index (χ0) is 25.7. The van der Waals surface area contributed by atoms with Gasteiger partial charge in [-0.15, -0.1) is 0 Å². The maximum absolute atomic E-state index is 13.3. The highest BCUT2D eigenvalue weighted by Gasteiger charge is 2.45. The van der Waals surface area contributed by atoms with Gasteiger partial charge in [-0.1, -0.05) is 36.8 Å². The topological polar surface area (TPSA) is 79.3 Å². The minimum absolute atomic E-state index is 0.136. The van der Waals surface area contributed by atoms with Crippen LogP contribution in [0.2, 0.25) is 0 Å². The number of benzene rings is 2. The molecule has 0 saturated carbocycles. The Morgan fingerprint density at radius 2 is 1.78 bits per heavy atom. The van der Waals surface area contributed by atoms with Crippen LogP contribution in [0.3, 0.4) is 0 Å². The van der Waals surface area contributed by atoms with E-state index in [1.807, 2.05) is 45.0 Å². The number of rotatable bonds is 9. The molecule has 1 atom stereocenters. The van der Waals surface area contributed by atoms with Crippen molar-refractivity contribution in [2.24, 2.45) is 0 Å². The molecule has 1 N–H and O–H groups in total. The fourth-order valence-electron chi connectivity index (χ4n) is 4.82. The summed E-state index contributed by atoms with van der Waals surface area (Å²) in [4.78, 5) is 30.4. The lowest BCUT2D eigenvalue weighted by Gasteiger charge is -2.29. The van der Waals surface area contributed by atoms with Crippen molar-refractivity contribution in [1.29, 1.82) is 0 Å². The minimum Gasteiger partial charge on any atom is -0.507 e. The summed E-state index contributed by atoms with van der Waals surface area (Å²) in [5, 5.41) is 11.4. The van der Waals surface area contributed by atoms with Gasteiger partial charge in [-0.25, -0.2) is 0 Å². The van der Waals surface area contributed by atoms with Crippen molar-refractivity contribution in [3.05, 3.63) is 70.3 Å². The molecule has 2 saturated heterocycles. The molecule has 0 bridgehead atoms. The maximum Gasteiger partial charge on any atom is 0.295 e. The molecule has 36 heavy (non-hydrogen) atoms. The molecule has 2 fully saturated rings. The first-order valence-electron chi connectivity index (χ1n) is 12.8. The van der Waals surface area contributed by atoms with Crippen molar-refractivity contribution < 1.29 is 24.2 Å². The quantitative estimate of drug-likeness (QED) is 0.321. The van der Waals surface area contributed by atoms with Gasteiger partial charge in [-0.3, -0.25) is 14.5 Å². The van der Waals surface area contributed by atoms with E-state index in [0.29, 0.717) is 18.7 Å². The van der Waals surface area contributed by atoms with Crippen LogP contribution in [0.1, 0.15) is 48.1 Å². The fourth-order valence-corrected chi connectivity index (χ4v) is 4.82. The van der Waals surface area contributed by atoms with Gasteiger partial charge in [-0.05, 0) is 56.0 Å². The van der Waals surface area contributed by atoms with Crippen molar-refractivity contribution >= 4 is 17.4 Å². The molecule has 1 unspecified atom stereocenters. The first-order chi connectivity index (χ1) is 17.4. The minimum atomic E-state index is -0.645. The average Bonchev–Trinajstić information content (AvgIpc) is 3.13. The third-order valence-corrected chi connectivity index (χ3v) is 6.82. The number of morpholine rings is 1. The summed E-state index contributed by atoms with van der Waals surface area (Å²) in [5.74, 6) is -0.621. The number of aliphatic hydroxyl groups excluding tert-OH is 1. The van der Waals surface area contributed by atoms with Crippen molar-refractivity contribution in [1.82, 2.24) is 9.80 Å². The van der Waals surface area contributed by atoms with Crippen LogP contribution in [0.15, 0.2) is 48.0 Å². The Bertz CT molecular complexity index is 1120. The number of carbonyl (C=O) groups is 2. The van der Waals surface area contributed by atoms with Crippen LogP contribution < -0.4 is 4.74 Å². The van der Waals surface area contributed by atoms with Crippen LogP contribution in [0.4, 0.5) is 0 Å². The number of Topliss-reactive ketones (excluding diaryl/α,β-unsaturated/α-hetero) is 1. The van der Waals surface area contributed by atoms with E-state index in [1.165, 1.54) is 0 Å². The van der Waals surface area contributed by atoms with Gasteiger partial charge in [0.2, 0.25) is 0 Å². The number of aliphatic hydroxyl groups is 1. The van der Waals surface area contributed by atoms with Gasteiger partial charge in [0.25, 0.3) is 11.7 Å². The van der Waals surface area contributed by atoms with E-state index in [1.54, 1.807) is 23.1 Å². The molecule has 4 rings (SSSR count). The molecule has 2 aromatic rings. The molecule has 1 amide bonds. The molecular formula is C29H36N2O5. The number of amides is 1. The Hall–Kier alpha value is -3.16. The second kappa shape index (κ2) is 11.7. The molecule has 2 aromatic carbocycles. The zero-order valence-electron chi connectivity index (χ0n) is 21.5. The van der Waals surface area contributed by atoms with Gasteiger partial charge in [0.15, 0.2) is 0 Å². The van der Waals surface area contributed by atoms with Crippen LogP contribution in [0.25, 0.3) is 5.76 Å². The van der Waals surface area contributed by atoms with E-state index >= 15 is 0 Å². The maximum atomic E-state index is 13.3. The number of hydrogen-bond donors (Lipinski definition) is 1. The lowest BCUT2D eigenvalue weighted by atomic mass is 9.94. The Labute approximate surface area is 213 Å². The lowest BCUT2D eigenvalue weighted by Crippen LogP contribution is -2.38. The predicted molar refractivity (Wildman–Crippen MR) is 139 cm³/mol. The van der Waals surface area contributed by atoms with Gasteiger partial charge in [0.05, 0.1) is 31.4 Å².